The number of methoxy groups -OCH3 is 1. The highest BCUT2D eigenvalue weighted by molar-refractivity contribution is 5.93. The van der Waals surface area contributed by atoms with Crippen LogP contribution in [0.4, 0.5) is 5.82 Å². The Balaban J connectivity index is 1.25. The Hall–Kier alpha value is -3.54. The fraction of sp³-hybridized carbons (Fsp3) is 0.500. The van der Waals surface area contributed by atoms with Crippen LogP contribution in [-0.2, 0) is 14.3 Å². The molecule has 1 aliphatic carbocycles. The van der Waals surface area contributed by atoms with Gasteiger partial charge >= 0.3 is 0 Å². The molecule has 0 unspecified atom stereocenters. The van der Waals surface area contributed by atoms with Gasteiger partial charge in [0.05, 0.1) is 38.1 Å². The zero-order chi connectivity index (χ0) is 27.2. The first-order valence-corrected chi connectivity index (χ1v) is 13.6. The van der Waals surface area contributed by atoms with Crippen LogP contribution in [0, 0.1) is 5.92 Å². The second-order valence-electron chi connectivity index (χ2n) is 9.96. The van der Waals surface area contributed by atoms with E-state index in [-0.39, 0.29) is 11.8 Å². The molecule has 1 fully saturated rings. The summed E-state index contributed by atoms with van der Waals surface area (Å²) in [4.78, 5) is 25.6. The van der Waals surface area contributed by atoms with Gasteiger partial charge in [0.15, 0.2) is 5.82 Å². The lowest BCUT2D eigenvalue weighted by atomic mass is 9.79. The number of anilines is 1. The van der Waals surface area contributed by atoms with Crippen LogP contribution in [0.2, 0.25) is 0 Å². The molecule has 0 spiro atoms. The predicted octanol–water partition coefficient (Wildman–Crippen LogP) is 3.48. The maximum absolute atomic E-state index is 12.8. The quantitative estimate of drug-likeness (QED) is 0.218. The molecule has 0 radical (unpaired) electrons. The van der Waals surface area contributed by atoms with E-state index in [1.807, 2.05) is 28.8 Å². The molecular weight excluding hydrogens is 498 g/mol. The SMILES string of the molecule is COc1cccc2cc(-c3nc(C4CCC(C(=O)CCCOCCOCCN)CC4)n4ncnc(N)c34)[nH]c12. The average Bonchev–Trinajstić information content (AvgIpc) is 3.57. The largest absolute Gasteiger partial charge is 0.495 e. The Morgan fingerprint density at radius 1 is 1.13 bits per heavy atom. The molecule has 3 heterocycles. The van der Waals surface area contributed by atoms with Gasteiger partial charge in [-0.3, -0.25) is 4.79 Å². The minimum absolute atomic E-state index is 0.0840. The number of ketones is 1. The summed E-state index contributed by atoms with van der Waals surface area (Å²) < 4.78 is 18.2. The van der Waals surface area contributed by atoms with Crippen molar-refractivity contribution >= 4 is 28.0 Å². The number of imidazole rings is 1. The number of aromatic amines is 1. The van der Waals surface area contributed by atoms with Gasteiger partial charge in [-0.05, 0) is 44.2 Å². The van der Waals surface area contributed by atoms with Crippen molar-refractivity contribution in [3.8, 4) is 17.1 Å². The summed E-state index contributed by atoms with van der Waals surface area (Å²) in [5.41, 5.74) is 14.9. The molecule has 0 aliphatic heterocycles. The number of aromatic nitrogens is 5. The summed E-state index contributed by atoms with van der Waals surface area (Å²) in [6, 6.07) is 7.95. The van der Waals surface area contributed by atoms with E-state index < -0.39 is 0 Å². The highest BCUT2D eigenvalue weighted by atomic mass is 16.5. The molecule has 0 atom stereocenters. The molecule has 4 aromatic rings. The lowest BCUT2D eigenvalue weighted by molar-refractivity contribution is -0.124. The summed E-state index contributed by atoms with van der Waals surface area (Å²) in [6.45, 7) is 2.68. The number of Topliss-reactive ketones (excluding diaryl/α,β-unsaturated/α-hetero) is 1. The topological polar surface area (TPSA) is 156 Å². The van der Waals surface area contributed by atoms with Crippen LogP contribution in [-0.4, -0.2) is 70.4 Å². The van der Waals surface area contributed by atoms with Crippen LogP contribution in [0.5, 0.6) is 5.75 Å². The van der Waals surface area contributed by atoms with Crippen molar-refractivity contribution in [3.05, 3.63) is 36.4 Å². The maximum Gasteiger partial charge on any atom is 0.153 e. The highest BCUT2D eigenvalue weighted by Crippen LogP contribution is 2.39. The zero-order valence-electron chi connectivity index (χ0n) is 22.4. The number of hydrogen-bond donors (Lipinski definition) is 3. The molecule has 11 heteroatoms. The van der Waals surface area contributed by atoms with Gasteiger partial charge in [0.1, 0.15) is 34.9 Å². The Kier molecular flexibility index (Phi) is 8.70. The summed E-state index contributed by atoms with van der Waals surface area (Å²) in [6.07, 6.45) is 6.16. The van der Waals surface area contributed by atoms with E-state index in [0.29, 0.717) is 62.2 Å². The lowest BCUT2D eigenvalue weighted by Crippen LogP contribution is -2.22. The number of nitrogen functional groups attached to an aromatic ring is 1. The van der Waals surface area contributed by atoms with Crippen LogP contribution >= 0.6 is 0 Å². The normalized spacial score (nSPS) is 17.7. The van der Waals surface area contributed by atoms with Gasteiger partial charge in [-0.2, -0.15) is 5.10 Å². The van der Waals surface area contributed by atoms with Crippen molar-refractivity contribution in [1.29, 1.82) is 0 Å². The molecule has 39 heavy (non-hydrogen) atoms. The third kappa shape index (κ3) is 5.90. The van der Waals surface area contributed by atoms with Gasteiger partial charge in [0, 0.05) is 36.8 Å². The molecule has 0 saturated heterocycles. The van der Waals surface area contributed by atoms with E-state index in [1.54, 1.807) is 7.11 Å². The second kappa shape index (κ2) is 12.5. The number of nitrogens with zero attached hydrogens (tertiary/aromatic N) is 4. The Morgan fingerprint density at radius 2 is 1.92 bits per heavy atom. The lowest BCUT2D eigenvalue weighted by Gasteiger charge is -2.26. The Bertz CT molecular complexity index is 1410. The molecule has 1 aliphatic rings. The molecule has 5 rings (SSSR count). The fourth-order valence-corrected chi connectivity index (χ4v) is 5.49. The smallest absolute Gasteiger partial charge is 0.153 e. The molecule has 3 aromatic heterocycles. The Labute approximate surface area is 227 Å². The Morgan fingerprint density at radius 3 is 2.69 bits per heavy atom. The molecule has 5 N–H and O–H groups in total. The van der Waals surface area contributed by atoms with Gasteiger partial charge < -0.3 is 30.7 Å². The number of fused-ring (bicyclic) bond motifs is 2. The van der Waals surface area contributed by atoms with E-state index in [4.69, 9.17) is 30.7 Å². The van der Waals surface area contributed by atoms with Gasteiger partial charge in [0.2, 0.25) is 0 Å². The van der Waals surface area contributed by atoms with E-state index in [2.05, 4.69) is 15.1 Å². The number of nitrogens with two attached hydrogens (primary N) is 2. The van der Waals surface area contributed by atoms with E-state index in [1.165, 1.54) is 6.33 Å². The zero-order valence-corrected chi connectivity index (χ0v) is 22.4. The van der Waals surface area contributed by atoms with Gasteiger partial charge in [-0.25, -0.2) is 14.5 Å². The van der Waals surface area contributed by atoms with Crippen LogP contribution < -0.4 is 16.2 Å². The van der Waals surface area contributed by atoms with Crippen molar-refractivity contribution in [1.82, 2.24) is 24.6 Å². The first-order chi connectivity index (χ1) is 19.1. The number of para-hydroxylation sites is 1. The van der Waals surface area contributed by atoms with E-state index in [9.17, 15) is 4.79 Å². The van der Waals surface area contributed by atoms with E-state index in [0.717, 1.165) is 60.3 Å². The molecule has 0 bridgehead atoms. The fourth-order valence-electron chi connectivity index (χ4n) is 5.49. The van der Waals surface area contributed by atoms with Gasteiger partial charge in [-0.1, -0.05) is 12.1 Å². The molecule has 11 nitrogen and oxygen atoms in total. The van der Waals surface area contributed by atoms with Gasteiger partial charge in [-0.15, -0.1) is 0 Å². The van der Waals surface area contributed by atoms with E-state index >= 15 is 0 Å². The van der Waals surface area contributed by atoms with Crippen molar-refractivity contribution in [3.63, 3.8) is 0 Å². The number of rotatable bonds is 13. The number of H-pyrrole nitrogens is 1. The number of ether oxygens (including phenoxy) is 3. The minimum atomic E-state index is 0.0840. The van der Waals surface area contributed by atoms with Gasteiger partial charge in [0.25, 0.3) is 0 Å². The third-order valence-corrected chi connectivity index (χ3v) is 7.47. The average molecular weight is 536 g/mol. The minimum Gasteiger partial charge on any atom is -0.495 e. The van der Waals surface area contributed by atoms with Crippen molar-refractivity contribution in [2.24, 2.45) is 11.7 Å². The van der Waals surface area contributed by atoms with Crippen LogP contribution in [0.25, 0.3) is 27.8 Å². The van der Waals surface area contributed by atoms with Crippen molar-refractivity contribution in [2.75, 3.05) is 45.8 Å². The molecule has 208 valence electrons. The van der Waals surface area contributed by atoms with Crippen LogP contribution in [0.15, 0.2) is 30.6 Å². The molecule has 1 aromatic carbocycles. The molecule has 0 amide bonds. The first-order valence-electron chi connectivity index (χ1n) is 13.6. The summed E-state index contributed by atoms with van der Waals surface area (Å²) in [5, 5.41) is 5.54. The first kappa shape index (κ1) is 27.0. The number of nitrogens with one attached hydrogen (secondary N) is 1. The van der Waals surface area contributed by atoms with Crippen LogP contribution in [0.3, 0.4) is 0 Å². The standard InChI is InChI=1S/C28H37N7O4/c1-37-23-6-2-4-20-16-21(33-24(20)23)25-26-27(30)31-17-32-35(26)28(34-25)19-9-7-18(8-10-19)22(36)5-3-12-38-14-15-39-13-11-29/h2,4,6,16-19,33H,3,5,7-15,29H2,1H3,(H2,30,31,32). The number of carbonyl (C=O) groups is 1. The second-order valence-corrected chi connectivity index (χ2v) is 9.96. The van der Waals surface area contributed by atoms with Crippen molar-refractivity contribution < 1.29 is 19.0 Å². The molecule has 1 saturated carbocycles. The summed E-state index contributed by atoms with van der Waals surface area (Å²) in [7, 11) is 1.65. The predicted molar refractivity (Wildman–Crippen MR) is 149 cm³/mol. The highest BCUT2D eigenvalue weighted by Gasteiger charge is 2.31. The monoisotopic (exact) mass is 535 g/mol. The van der Waals surface area contributed by atoms with Crippen molar-refractivity contribution in [2.45, 2.75) is 44.4 Å². The van der Waals surface area contributed by atoms with Crippen LogP contribution in [0.1, 0.15) is 50.3 Å². The number of carbonyl (C=O) groups excluding carboxylic acids is 1. The number of benzene rings is 1. The third-order valence-electron chi connectivity index (χ3n) is 7.47. The number of hydrogen-bond acceptors (Lipinski definition) is 9. The maximum atomic E-state index is 12.8. The molecular formula is C28H37N7O4. The summed E-state index contributed by atoms with van der Waals surface area (Å²) >= 11 is 0. The summed E-state index contributed by atoms with van der Waals surface area (Å²) in [5.74, 6) is 2.58.